The van der Waals surface area contributed by atoms with E-state index in [-0.39, 0.29) is 22.6 Å². The van der Waals surface area contributed by atoms with E-state index >= 15 is 0 Å². The van der Waals surface area contributed by atoms with Crippen LogP contribution in [0.5, 0.6) is 0 Å². The monoisotopic (exact) mass is 517 g/mol. The van der Waals surface area contributed by atoms with Gasteiger partial charge in [0.05, 0.1) is 41.3 Å². The van der Waals surface area contributed by atoms with E-state index < -0.39 is 17.9 Å². The molecule has 2 N–H and O–H groups in total. The number of amides is 3. The maximum atomic E-state index is 13.5. The molecule has 5 aromatic rings. The van der Waals surface area contributed by atoms with Crippen LogP contribution in [0.3, 0.4) is 0 Å². The van der Waals surface area contributed by atoms with E-state index in [1.165, 1.54) is 30.3 Å². The number of hydrogen-bond donors (Lipinski definition) is 2. The van der Waals surface area contributed by atoms with Gasteiger partial charge in [-0.25, -0.2) is 14.6 Å². The topological polar surface area (TPSA) is 114 Å². The average molecular weight is 518 g/mol. The van der Waals surface area contributed by atoms with Crippen molar-refractivity contribution in [3.63, 3.8) is 0 Å². The van der Waals surface area contributed by atoms with E-state index in [0.717, 1.165) is 0 Å². The molecule has 192 valence electrons. The summed E-state index contributed by atoms with van der Waals surface area (Å²) in [4.78, 5) is 49.1. The van der Waals surface area contributed by atoms with Crippen LogP contribution in [-0.4, -0.2) is 35.0 Å². The van der Waals surface area contributed by atoms with Crippen LogP contribution in [0, 0.1) is 0 Å². The molecule has 0 aliphatic heterocycles. The number of nitrogens with one attached hydrogen (secondary N) is 2. The van der Waals surface area contributed by atoms with Gasteiger partial charge in [0, 0.05) is 11.4 Å². The molecule has 0 spiro atoms. The molecule has 9 heteroatoms. The zero-order valence-electron chi connectivity index (χ0n) is 20.9. The molecule has 3 amide bonds. The van der Waals surface area contributed by atoms with Crippen molar-refractivity contribution in [2.75, 3.05) is 22.6 Å². The summed E-state index contributed by atoms with van der Waals surface area (Å²) in [5.41, 5.74) is 3.31. The predicted octanol–water partition coefficient (Wildman–Crippen LogP) is 6.04. The van der Waals surface area contributed by atoms with Crippen molar-refractivity contribution in [3.05, 3.63) is 121 Å². The minimum Gasteiger partial charge on any atom is -0.465 e. The van der Waals surface area contributed by atoms with Crippen LogP contribution in [0.1, 0.15) is 20.8 Å². The lowest BCUT2D eigenvalue weighted by Crippen LogP contribution is -2.30. The lowest BCUT2D eigenvalue weighted by Gasteiger charge is -2.23. The number of nitrogens with zero attached hydrogens (tertiary/aromatic N) is 3. The Labute approximate surface area is 224 Å². The van der Waals surface area contributed by atoms with Gasteiger partial charge in [-0.15, -0.1) is 0 Å². The van der Waals surface area contributed by atoms with Crippen molar-refractivity contribution < 1.29 is 19.1 Å². The summed E-state index contributed by atoms with van der Waals surface area (Å²) in [6.45, 7) is 0. The van der Waals surface area contributed by atoms with Gasteiger partial charge in [0.25, 0.3) is 5.91 Å². The Morgan fingerprint density at radius 3 is 1.90 bits per heavy atom. The lowest BCUT2D eigenvalue weighted by molar-refractivity contribution is 0.0600. The Morgan fingerprint density at radius 1 is 0.718 bits per heavy atom. The van der Waals surface area contributed by atoms with Crippen molar-refractivity contribution in [1.29, 1.82) is 0 Å². The summed E-state index contributed by atoms with van der Waals surface area (Å²) >= 11 is 0. The molecule has 0 fully saturated rings. The number of hydrogen-bond acceptors (Lipinski definition) is 6. The van der Waals surface area contributed by atoms with E-state index in [1.807, 2.05) is 72.8 Å². The number of para-hydroxylation sites is 4. The Kier molecular flexibility index (Phi) is 7.22. The Morgan fingerprint density at radius 2 is 1.28 bits per heavy atom. The molecule has 0 aliphatic carbocycles. The molecule has 5 rings (SSSR count). The smallest absolute Gasteiger partial charge is 0.337 e. The SMILES string of the molecule is COC(=O)c1cc(NC(=O)c2cnc3ccccc3n2)cc(NC(=O)N(c2ccccc2)c2ccccc2)c1. The third-order valence-corrected chi connectivity index (χ3v) is 5.78. The Balaban J connectivity index is 1.45. The number of benzene rings is 4. The Hall–Kier alpha value is -5.57. The summed E-state index contributed by atoms with van der Waals surface area (Å²) < 4.78 is 4.88. The molecule has 39 heavy (non-hydrogen) atoms. The molecule has 1 heterocycles. The van der Waals surface area contributed by atoms with Crippen LogP contribution in [-0.2, 0) is 4.74 Å². The third kappa shape index (κ3) is 5.72. The fourth-order valence-electron chi connectivity index (χ4n) is 3.99. The molecule has 0 atom stereocenters. The molecule has 9 nitrogen and oxygen atoms in total. The highest BCUT2D eigenvalue weighted by molar-refractivity contribution is 6.09. The number of carbonyl (C=O) groups excluding carboxylic acids is 3. The fourth-order valence-corrected chi connectivity index (χ4v) is 3.99. The lowest BCUT2D eigenvalue weighted by atomic mass is 10.1. The summed E-state index contributed by atoms with van der Waals surface area (Å²) in [6, 6.07) is 29.5. The van der Waals surface area contributed by atoms with Crippen molar-refractivity contribution in [2.24, 2.45) is 0 Å². The van der Waals surface area contributed by atoms with Gasteiger partial charge in [0.15, 0.2) is 0 Å². The quantitative estimate of drug-likeness (QED) is 0.266. The molecular weight excluding hydrogens is 494 g/mol. The molecular formula is C30H23N5O4. The highest BCUT2D eigenvalue weighted by Crippen LogP contribution is 2.27. The summed E-state index contributed by atoms with van der Waals surface area (Å²) in [6.07, 6.45) is 1.38. The standard InChI is InChI=1S/C30H23N5O4/c1-39-29(37)20-16-21(32-28(36)27-19-31-25-14-8-9-15-26(25)34-27)18-22(17-20)33-30(38)35(23-10-4-2-5-11-23)24-12-6-3-7-13-24/h2-19H,1H3,(H,32,36)(H,33,38). The van der Waals surface area contributed by atoms with Gasteiger partial charge in [-0.3, -0.25) is 14.7 Å². The second-order valence-electron chi connectivity index (χ2n) is 8.43. The predicted molar refractivity (Wildman–Crippen MR) is 149 cm³/mol. The maximum Gasteiger partial charge on any atom is 0.337 e. The second kappa shape index (κ2) is 11.2. The molecule has 1 aromatic heterocycles. The first-order valence-electron chi connectivity index (χ1n) is 12.0. The summed E-state index contributed by atoms with van der Waals surface area (Å²) in [7, 11) is 1.25. The zero-order valence-corrected chi connectivity index (χ0v) is 20.9. The number of ether oxygens (including phenoxy) is 1. The normalized spacial score (nSPS) is 10.5. The van der Waals surface area contributed by atoms with Crippen molar-refractivity contribution in [2.45, 2.75) is 0 Å². The van der Waals surface area contributed by atoms with E-state index in [2.05, 4.69) is 20.6 Å². The molecule has 0 unspecified atom stereocenters. The highest BCUT2D eigenvalue weighted by Gasteiger charge is 2.20. The second-order valence-corrected chi connectivity index (χ2v) is 8.43. The first kappa shape index (κ1) is 25.1. The van der Waals surface area contributed by atoms with Crippen LogP contribution in [0.2, 0.25) is 0 Å². The van der Waals surface area contributed by atoms with Gasteiger partial charge in [0.1, 0.15) is 5.69 Å². The van der Waals surface area contributed by atoms with Gasteiger partial charge >= 0.3 is 12.0 Å². The molecule has 4 aromatic carbocycles. The van der Waals surface area contributed by atoms with E-state index in [9.17, 15) is 14.4 Å². The molecule has 0 aliphatic rings. The first-order chi connectivity index (χ1) is 19.0. The summed E-state index contributed by atoms with van der Waals surface area (Å²) in [5.74, 6) is -1.15. The minimum atomic E-state index is -0.630. The summed E-state index contributed by atoms with van der Waals surface area (Å²) in [5, 5.41) is 5.57. The van der Waals surface area contributed by atoms with Crippen LogP contribution in [0.15, 0.2) is 109 Å². The minimum absolute atomic E-state index is 0.0992. The zero-order chi connectivity index (χ0) is 27.2. The highest BCUT2D eigenvalue weighted by atomic mass is 16.5. The van der Waals surface area contributed by atoms with Crippen molar-refractivity contribution in [3.8, 4) is 0 Å². The average Bonchev–Trinajstić information content (AvgIpc) is 2.97. The van der Waals surface area contributed by atoms with Crippen LogP contribution < -0.4 is 15.5 Å². The number of aromatic nitrogens is 2. The molecule has 0 radical (unpaired) electrons. The first-order valence-corrected chi connectivity index (χ1v) is 12.0. The van der Waals surface area contributed by atoms with Crippen LogP contribution >= 0.6 is 0 Å². The van der Waals surface area contributed by atoms with E-state index in [0.29, 0.717) is 22.4 Å². The Bertz CT molecular complexity index is 1620. The van der Waals surface area contributed by atoms with Gasteiger partial charge in [0.2, 0.25) is 0 Å². The maximum absolute atomic E-state index is 13.5. The van der Waals surface area contributed by atoms with Gasteiger partial charge in [-0.1, -0.05) is 48.5 Å². The number of carbonyl (C=O) groups is 3. The van der Waals surface area contributed by atoms with Gasteiger partial charge in [-0.2, -0.15) is 0 Å². The molecule has 0 saturated carbocycles. The number of rotatable bonds is 6. The molecule has 0 saturated heterocycles. The fraction of sp³-hybridized carbons (Fsp3) is 0.0333. The van der Waals surface area contributed by atoms with Crippen molar-refractivity contribution >= 4 is 51.7 Å². The van der Waals surface area contributed by atoms with Crippen LogP contribution in [0.25, 0.3) is 11.0 Å². The van der Waals surface area contributed by atoms with E-state index in [4.69, 9.17) is 4.74 Å². The van der Waals surface area contributed by atoms with Gasteiger partial charge < -0.3 is 15.4 Å². The number of fused-ring (bicyclic) bond motifs is 1. The number of esters is 1. The largest absolute Gasteiger partial charge is 0.465 e. The molecule has 0 bridgehead atoms. The number of urea groups is 1. The van der Waals surface area contributed by atoms with Gasteiger partial charge in [-0.05, 0) is 54.6 Å². The van der Waals surface area contributed by atoms with Crippen molar-refractivity contribution in [1.82, 2.24) is 9.97 Å². The van der Waals surface area contributed by atoms with Crippen LogP contribution in [0.4, 0.5) is 27.5 Å². The third-order valence-electron chi connectivity index (χ3n) is 5.78. The number of anilines is 4. The van der Waals surface area contributed by atoms with E-state index in [1.54, 1.807) is 18.2 Å². The number of methoxy groups -OCH3 is 1.